The molecule has 3 heteroatoms. The summed E-state index contributed by atoms with van der Waals surface area (Å²) in [6, 6.07) is 0. The molecule has 1 fully saturated rings. The van der Waals surface area contributed by atoms with Crippen LogP contribution in [0.15, 0.2) is 0 Å². The Bertz CT molecular complexity index is 144. The van der Waals surface area contributed by atoms with Crippen molar-refractivity contribution in [1.82, 2.24) is 4.90 Å². The first-order chi connectivity index (χ1) is 6.68. The van der Waals surface area contributed by atoms with E-state index < -0.39 is 0 Å². The molecule has 0 saturated carbocycles. The number of aliphatic hydroxyl groups is 1. The summed E-state index contributed by atoms with van der Waals surface area (Å²) in [5, 5.41) is 9.66. The largest absolute Gasteiger partial charge is 0.389 e. The van der Waals surface area contributed by atoms with Crippen LogP contribution in [0.5, 0.6) is 0 Å². The van der Waals surface area contributed by atoms with Crippen LogP contribution in [0.25, 0.3) is 0 Å². The molecule has 14 heavy (non-hydrogen) atoms. The minimum atomic E-state index is -0.313. The lowest BCUT2D eigenvalue weighted by Crippen LogP contribution is -2.33. The minimum absolute atomic E-state index is 0.313. The van der Waals surface area contributed by atoms with E-state index in [1.165, 1.54) is 12.8 Å². The number of nitrogens with zero attached hydrogens (tertiary/aromatic N) is 1. The van der Waals surface area contributed by atoms with Gasteiger partial charge in [0, 0.05) is 13.2 Å². The van der Waals surface area contributed by atoms with Crippen molar-refractivity contribution in [2.45, 2.75) is 32.8 Å². The van der Waals surface area contributed by atoms with Crippen LogP contribution in [-0.4, -0.2) is 49.0 Å². The molecule has 84 valence electrons. The number of ether oxygens (including phenoxy) is 1. The summed E-state index contributed by atoms with van der Waals surface area (Å²) < 4.78 is 5.39. The normalized spacial score (nSPS) is 20.6. The third kappa shape index (κ3) is 4.94. The molecular weight excluding hydrogens is 178 g/mol. The fourth-order valence-corrected chi connectivity index (χ4v) is 1.76. The lowest BCUT2D eigenvalue weighted by molar-refractivity contribution is 0.0115. The van der Waals surface area contributed by atoms with E-state index in [-0.39, 0.29) is 6.10 Å². The monoisotopic (exact) mass is 201 g/mol. The first-order valence-electron chi connectivity index (χ1n) is 5.66. The first-order valence-corrected chi connectivity index (χ1v) is 5.66. The molecule has 0 bridgehead atoms. The topological polar surface area (TPSA) is 32.7 Å². The van der Waals surface area contributed by atoms with Gasteiger partial charge in [-0.05, 0) is 31.8 Å². The van der Waals surface area contributed by atoms with Crippen molar-refractivity contribution in [2.24, 2.45) is 5.92 Å². The van der Waals surface area contributed by atoms with Gasteiger partial charge in [0.2, 0.25) is 0 Å². The molecule has 0 aromatic heterocycles. The third-order valence-corrected chi connectivity index (χ3v) is 2.43. The molecule has 1 saturated heterocycles. The Hall–Kier alpha value is -0.120. The maximum Gasteiger partial charge on any atom is 0.0900 e. The highest BCUT2D eigenvalue weighted by Crippen LogP contribution is 2.07. The van der Waals surface area contributed by atoms with Crippen LogP contribution in [0.1, 0.15) is 26.7 Å². The van der Waals surface area contributed by atoms with Crippen molar-refractivity contribution in [2.75, 3.05) is 32.8 Å². The molecule has 1 aliphatic rings. The van der Waals surface area contributed by atoms with Gasteiger partial charge in [0.15, 0.2) is 0 Å². The Labute approximate surface area is 87.1 Å². The number of hydrogen-bond donors (Lipinski definition) is 1. The molecule has 1 rings (SSSR count). The molecule has 0 spiro atoms. The smallest absolute Gasteiger partial charge is 0.0900 e. The van der Waals surface area contributed by atoms with Crippen molar-refractivity contribution in [3.8, 4) is 0 Å². The highest BCUT2D eigenvalue weighted by atomic mass is 16.5. The van der Waals surface area contributed by atoms with Gasteiger partial charge in [0.05, 0.1) is 12.7 Å². The van der Waals surface area contributed by atoms with Gasteiger partial charge < -0.3 is 14.7 Å². The van der Waals surface area contributed by atoms with Crippen molar-refractivity contribution in [3.05, 3.63) is 0 Å². The number of β-amino-alcohol motifs (C(OH)–C–C–N with tert-alkyl or cyclic N) is 1. The zero-order chi connectivity index (χ0) is 10.4. The standard InChI is InChI=1S/C11H23NO2/c1-10(2)8-14-9-11(13)7-12-5-3-4-6-12/h10-11,13H,3-9H2,1-2H3/t11-/m1/s1. The molecule has 0 amide bonds. The Balaban J connectivity index is 2.00. The second-order valence-electron chi connectivity index (χ2n) is 4.59. The van der Waals surface area contributed by atoms with Gasteiger partial charge >= 0.3 is 0 Å². The summed E-state index contributed by atoms with van der Waals surface area (Å²) in [4.78, 5) is 2.31. The van der Waals surface area contributed by atoms with E-state index in [1.54, 1.807) is 0 Å². The van der Waals surface area contributed by atoms with E-state index in [4.69, 9.17) is 4.74 Å². The lowest BCUT2D eigenvalue weighted by atomic mass is 10.2. The molecule has 0 unspecified atom stereocenters. The molecule has 1 atom stereocenters. The van der Waals surface area contributed by atoms with Gasteiger partial charge in [-0.1, -0.05) is 13.8 Å². The number of aliphatic hydroxyl groups excluding tert-OH is 1. The van der Waals surface area contributed by atoms with Crippen LogP contribution >= 0.6 is 0 Å². The second-order valence-corrected chi connectivity index (χ2v) is 4.59. The van der Waals surface area contributed by atoms with Crippen LogP contribution in [0.4, 0.5) is 0 Å². The summed E-state index contributed by atoms with van der Waals surface area (Å²) in [6.45, 7) is 8.52. The van der Waals surface area contributed by atoms with Gasteiger partial charge in [-0.15, -0.1) is 0 Å². The third-order valence-electron chi connectivity index (χ3n) is 2.43. The first kappa shape index (κ1) is 12.0. The molecule has 0 aromatic rings. The predicted octanol–water partition coefficient (Wildman–Crippen LogP) is 1.12. The summed E-state index contributed by atoms with van der Waals surface area (Å²) >= 11 is 0. The van der Waals surface area contributed by atoms with Crippen molar-refractivity contribution >= 4 is 0 Å². The average Bonchev–Trinajstić information content (AvgIpc) is 2.56. The molecular formula is C11H23NO2. The second kappa shape index (κ2) is 6.38. The summed E-state index contributed by atoms with van der Waals surface area (Å²) in [5.41, 5.74) is 0. The lowest BCUT2D eigenvalue weighted by Gasteiger charge is -2.19. The average molecular weight is 201 g/mol. The van der Waals surface area contributed by atoms with E-state index in [0.717, 1.165) is 26.2 Å². The van der Waals surface area contributed by atoms with Gasteiger partial charge in [0.1, 0.15) is 0 Å². The Kier molecular flexibility index (Phi) is 5.45. The Morgan fingerprint density at radius 3 is 2.43 bits per heavy atom. The van der Waals surface area contributed by atoms with Gasteiger partial charge in [-0.3, -0.25) is 0 Å². The molecule has 0 radical (unpaired) electrons. The van der Waals surface area contributed by atoms with Crippen LogP contribution < -0.4 is 0 Å². The van der Waals surface area contributed by atoms with E-state index in [0.29, 0.717) is 12.5 Å². The van der Waals surface area contributed by atoms with Gasteiger partial charge in [-0.25, -0.2) is 0 Å². The summed E-state index contributed by atoms with van der Waals surface area (Å²) in [7, 11) is 0. The number of hydrogen-bond acceptors (Lipinski definition) is 3. The van der Waals surface area contributed by atoms with E-state index in [1.807, 2.05) is 0 Å². The van der Waals surface area contributed by atoms with Crippen LogP contribution in [0.3, 0.4) is 0 Å². The molecule has 0 aromatic carbocycles. The molecule has 1 aliphatic heterocycles. The van der Waals surface area contributed by atoms with Crippen LogP contribution in [0, 0.1) is 5.92 Å². The fourth-order valence-electron chi connectivity index (χ4n) is 1.76. The van der Waals surface area contributed by atoms with Crippen LogP contribution in [0.2, 0.25) is 0 Å². The van der Waals surface area contributed by atoms with E-state index in [2.05, 4.69) is 18.7 Å². The summed E-state index contributed by atoms with van der Waals surface area (Å²) in [5.74, 6) is 0.550. The SMILES string of the molecule is CC(C)COC[C@H](O)CN1CCCC1. The quantitative estimate of drug-likeness (QED) is 0.699. The molecule has 3 nitrogen and oxygen atoms in total. The van der Waals surface area contributed by atoms with Crippen molar-refractivity contribution < 1.29 is 9.84 Å². The fraction of sp³-hybridized carbons (Fsp3) is 1.00. The number of likely N-dealkylation sites (tertiary alicyclic amines) is 1. The molecule has 1 heterocycles. The maximum atomic E-state index is 9.66. The maximum absolute atomic E-state index is 9.66. The Morgan fingerprint density at radius 1 is 1.21 bits per heavy atom. The van der Waals surface area contributed by atoms with E-state index in [9.17, 15) is 5.11 Å². The number of rotatable bonds is 6. The Morgan fingerprint density at radius 2 is 1.86 bits per heavy atom. The highest BCUT2D eigenvalue weighted by molar-refractivity contribution is 4.69. The predicted molar refractivity (Wildman–Crippen MR) is 57.3 cm³/mol. The van der Waals surface area contributed by atoms with Crippen molar-refractivity contribution in [1.29, 1.82) is 0 Å². The summed E-state index contributed by atoms with van der Waals surface area (Å²) in [6.07, 6.45) is 2.24. The zero-order valence-corrected chi connectivity index (χ0v) is 9.41. The van der Waals surface area contributed by atoms with Gasteiger partial charge in [0.25, 0.3) is 0 Å². The van der Waals surface area contributed by atoms with E-state index >= 15 is 0 Å². The minimum Gasteiger partial charge on any atom is -0.389 e. The molecule has 0 aliphatic carbocycles. The van der Waals surface area contributed by atoms with Crippen LogP contribution in [-0.2, 0) is 4.74 Å². The van der Waals surface area contributed by atoms with Crippen molar-refractivity contribution in [3.63, 3.8) is 0 Å². The molecule has 1 N–H and O–H groups in total. The van der Waals surface area contributed by atoms with Gasteiger partial charge in [-0.2, -0.15) is 0 Å². The zero-order valence-electron chi connectivity index (χ0n) is 9.41. The highest BCUT2D eigenvalue weighted by Gasteiger charge is 2.15.